The summed E-state index contributed by atoms with van der Waals surface area (Å²) in [4.78, 5) is -2.25. The fourth-order valence-corrected chi connectivity index (χ4v) is 22.6. The molecule has 21 aliphatic rings. The largest absolute Gasteiger partial charge is 0.414 e. The molecule has 0 aromatic heterocycles. The lowest BCUT2D eigenvalue weighted by Crippen LogP contribution is -2.68. The standard InChI is InChI=1S/C89H128O45S5Si2/c1-43-16-26-48(27-17-43)135(104,105)114-36-53-74-60(90)67(97)81(121-53)129-75-54(37-115-136(106,107)49-28-18-44(2)19-29-49)124-84(70(100)63(75)93)133-79-58(41-119-140(12,13)88(6,7)8)127-87(73(103)66(79)96)132-78-57(40-118-139(112,113)52-34-24-47(5)25-35-52)123-83(69(99)62(78)92)130-76-55(38-116-137(108,109)50-30-20-45(3)21-31-50)125-85(71(101)64(76)94)134-80-59(42-120-141(14,15)89(9,10)11)126-86(72(102)65(80)95)131-77-56(122-82(128-74)68(98)61(77)91)39-117-138(110,111)51-32-22-46(4)23-33-51/h16-35,53-87,90-103H,36-42H2,1-15H3/t53-,54-,55-,56-,57-,58-,59-,60-,61-,62-,63-,64+,65-,66-,67-,68-,69-,70-,71-,72-,73-,74-,75-,76-,77-,78-,79-,80-,81-,82-,83-,84-,85-,86-,87-/m1/s1. The number of aliphatic hydroxyl groups is 14. The summed E-state index contributed by atoms with van der Waals surface area (Å²) < 4.78 is 272. The summed E-state index contributed by atoms with van der Waals surface area (Å²) in [6.07, 6.45) is -82.3. The van der Waals surface area contributed by atoms with Crippen LogP contribution in [0.1, 0.15) is 69.4 Å². The number of aliphatic hydroxyl groups excluding tert-OH is 14. The highest BCUT2D eigenvalue weighted by Crippen LogP contribution is 2.45. The summed E-state index contributed by atoms with van der Waals surface area (Å²) >= 11 is 0. The number of rotatable bonds is 26. The molecule has 14 N–H and O–H groups in total. The van der Waals surface area contributed by atoms with Crippen molar-refractivity contribution in [1.29, 1.82) is 0 Å². The first-order chi connectivity index (χ1) is 65.7. The third-order valence-corrected chi connectivity index (χ3v) is 42.3. The number of ether oxygens (including phenoxy) is 14. The van der Waals surface area contributed by atoms with Crippen molar-refractivity contribution < 1.29 is 210 Å². The molecule has 21 heterocycles. The van der Waals surface area contributed by atoms with Crippen LogP contribution in [0.3, 0.4) is 0 Å². The molecular weight excluding hydrogens is 2010 g/mol. The van der Waals surface area contributed by atoms with Crippen LogP contribution in [0, 0.1) is 34.6 Å². The van der Waals surface area contributed by atoms with E-state index in [2.05, 4.69) is 0 Å². The highest BCUT2D eigenvalue weighted by atomic mass is 32.2. The molecule has 5 aromatic carbocycles. The first-order valence-corrected chi connectivity index (χ1v) is 58.3. The van der Waals surface area contributed by atoms with E-state index in [0.717, 1.165) is 12.1 Å². The molecule has 52 heteroatoms. The number of hydrogen-bond acceptors (Lipinski definition) is 45. The maximum absolute atomic E-state index is 14.3. The monoisotopic (exact) mass is 2130 g/mol. The van der Waals surface area contributed by atoms with E-state index in [4.69, 9.17) is 96.1 Å². The van der Waals surface area contributed by atoms with Gasteiger partial charge in [-0.15, -0.1) is 0 Å². The molecule has 0 unspecified atom stereocenters. The van der Waals surface area contributed by atoms with Crippen molar-refractivity contribution in [1.82, 2.24) is 0 Å². The second-order valence-electron chi connectivity index (χ2n) is 39.3. The van der Waals surface area contributed by atoms with Gasteiger partial charge in [-0.1, -0.05) is 130 Å². The summed E-state index contributed by atoms with van der Waals surface area (Å²) in [6.45, 7) is 18.7. The quantitative estimate of drug-likeness (QED) is 0.0244. The van der Waals surface area contributed by atoms with E-state index in [-0.39, 0.29) is 0 Å². The second kappa shape index (κ2) is 45.0. The Morgan fingerprint density at radius 3 is 0.475 bits per heavy atom. The van der Waals surface area contributed by atoms with Gasteiger partial charge >= 0.3 is 0 Å². The van der Waals surface area contributed by atoms with Gasteiger partial charge in [-0.25, -0.2) is 0 Å². The smallest absolute Gasteiger partial charge is 0.297 e. The average Bonchev–Trinajstić information content (AvgIpc) is 0.899. The third-order valence-electron chi connectivity index (χ3n) is 26.8. The van der Waals surface area contributed by atoms with Gasteiger partial charge in [0.2, 0.25) is 0 Å². The zero-order valence-electron chi connectivity index (χ0n) is 79.7. The van der Waals surface area contributed by atoms with Crippen LogP contribution in [0.5, 0.6) is 0 Å². The summed E-state index contributed by atoms with van der Waals surface area (Å²) in [5, 5.41) is 175. The lowest BCUT2D eigenvalue weighted by Gasteiger charge is -2.50. The Morgan fingerprint density at radius 1 is 0.220 bits per heavy atom. The molecule has 21 saturated heterocycles. The van der Waals surface area contributed by atoms with Crippen molar-refractivity contribution in [2.45, 2.75) is 352 Å². The summed E-state index contributed by atoms with van der Waals surface area (Å²) in [5.74, 6) is 0. The van der Waals surface area contributed by atoms with Crippen LogP contribution in [-0.4, -0.2) is 391 Å². The highest BCUT2D eigenvalue weighted by Gasteiger charge is 2.62. The van der Waals surface area contributed by atoms with E-state index in [1.807, 2.05) is 41.5 Å². The molecule has 45 nitrogen and oxygen atoms in total. The Kier molecular flexibility index (Phi) is 36.0. The zero-order valence-corrected chi connectivity index (χ0v) is 85.7. The van der Waals surface area contributed by atoms with Gasteiger partial charge < -0.3 is 147 Å². The van der Waals surface area contributed by atoms with Crippen LogP contribution in [0.2, 0.25) is 36.3 Å². The number of hydrogen-bond donors (Lipinski definition) is 14. The van der Waals surface area contributed by atoms with Gasteiger partial charge in [0.05, 0.1) is 70.7 Å². The van der Waals surface area contributed by atoms with Crippen LogP contribution in [0.4, 0.5) is 0 Å². The maximum atomic E-state index is 14.3. The molecule has 14 bridgehead atoms. The molecule has 792 valence electrons. The fraction of sp³-hybridized carbons (Fsp3) is 0.663. The van der Waals surface area contributed by atoms with Gasteiger partial charge in [0.1, 0.15) is 171 Å². The van der Waals surface area contributed by atoms with Crippen molar-refractivity contribution in [2.75, 3.05) is 46.2 Å². The minimum absolute atomic E-state index is 0.440. The van der Waals surface area contributed by atoms with E-state index in [1.54, 1.807) is 60.8 Å². The summed E-state index contributed by atoms with van der Waals surface area (Å²) in [5.41, 5.74) is 3.00. The lowest BCUT2D eigenvalue weighted by atomic mass is 9.95. The predicted octanol–water partition coefficient (Wildman–Crippen LogP) is -0.564. The van der Waals surface area contributed by atoms with E-state index in [0.29, 0.717) is 27.8 Å². The summed E-state index contributed by atoms with van der Waals surface area (Å²) in [6, 6.07) is 25.9. The molecule has 0 radical (unpaired) electrons. The van der Waals surface area contributed by atoms with Gasteiger partial charge in [-0.3, -0.25) is 20.9 Å². The molecule has 0 aliphatic carbocycles. The van der Waals surface area contributed by atoms with Gasteiger partial charge in [-0.05, 0) is 132 Å². The number of benzene rings is 5. The molecule has 21 fully saturated rings. The predicted molar refractivity (Wildman–Crippen MR) is 487 cm³/mol. The van der Waals surface area contributed by atoms with Crippen molar-refractivity contribution in [3.63, 3.8) is 0 Å². The van der Waals surface area contributed by atoms with Gasteiger partial charge in [-0.2, -0.15) is 42.1 Å². The van der Waals surface area contributed by atoms with E-state index < -0.39 is 363 Å². The first kappa shape index (κ1) is 113. The highest BCUT2D eigenvalue weighted by molar-refractivity contribution is 7.87. The molecule has 0 spiro atoms. The third kappa shape index (κ3) is 26.0. The van der Waals surface area contributed by atoms with E-state index in [9.17, 15) is 114 Å². The minimum atomic E-state index is -4.95. The molecule has 21 aliphatic heterocycles. The molecule has 35 atom stereocenters. The van der Waals surface area contributed by atoms with Gasteiger partial charge in [0, 0.05) is 0 Å². The summed E-state index contributed by atoms with van der Waals surface area (Å²) in [7, 11) is -30.8. The lowest BCUT2D eigenvalue weighted by molar-refractivity contribution is -0.395. The second-order valence-corrected chi connectivity index (χ2v) is 57.0. The topological polar surface area (TPSA) is 648 Å². The molecular formula is C89H128O45S5Si2. The van der Waals surface area contributed by atoms with E-state index >= 15 is 0 Å². The molecule has 0 saturated carbocycles. The first-order valence-electron chi connectivity index (χ1n) is 45.5. The Hall–Kier alpha value is -5.12. The average molecular weight is 2130 g/mol. The van der Waals surface area contributed by atoms with Gasteiger partial charge in [0.25, 0.3) is 50.6 Å². The normalized spacial score (nSPS) is 36.6. The van der Waals surface area contributed by atoms with Crippen LogP contribution in [0.15, 0.2) is 146 Å². The Bertz CT molecular complexity index is 5360. The van der Waals surface area contributed by atoms with Crippen LogP contribution < -0.4 is 0 Å². The molecule has 0 amide bonds. The minimum Gasteiger partial charge on any atom is -0.414 e. The molecule has 141 heavy (non-hydrogen) atoms. The Morgan fingerprint density at radius 2 is 0.348 bits per heavy atom. The Balaban J connectivity index is 0.938. The van der Waals surface area contributed by atoms with Crippen LogP contribution in [0.25, 0.3) is 0 Å². The van der Waals surface area contributed by atoms with Crippen molar-refractivity contribution >= 4 is 67.2 Å². The molecule has 5 aromatic rings. The fourth-order valence-electron chi connectivity index (χ4n) is 16.0. The SMILES string of the molecule is Cc1ccc(S(=O)(=O)OC[C@H]2O[C@@H]3O[C@H]4[C@H](O)[C@@H](O)[C@@H](O[C@H]5[C@H](O)[C@@H](O)[C@@H](O[C@H]6[C@@H](O)[C@@H](O)[C@@H](O[C@H]7[C@H](O)[C@@H](O)[C@@H](O[C@H]8[C@H](O)[C@@H](O)[C@@H](O[C@H]9[C@H](O)[C@@H](O)[C@@H](O[C@H]2[C@H](O)[C@H]3O)O[C@@H]9COS(=O)(=O)c2ccc(C)cc2)O[C@@H]8COS(=O)(=O)c2ccc(C)cc2)O[C@@H]7CO[Si](C)(C)C(C)(C)C)O[C@@H]6COS(=O)(=O)c2ccc(C)cc2)O[C@@H]5COS(=O)(=O)c2ccc(C)cc2)O[C@@H]4CO[Si](C)(C)C(C)(C)C)cc1. The maximum Gasteiger partial charge on any atom is 0.297 e. The van der Waals surface area contributed by atoms with E-state index in [1.165, 1.54) is 109 Å². The van der Waals surface area contributed by atoms with Crippen LogP contribution >= 0.6 is 0 Å². The van der Waals surface area contributed by atoms with Crippen molar-refractivity contribution in [3.05, 3.63) is 149 Å². The van der Waals surface area contributed by atoms with Crippen molar-refractivity contribution in [3.8, 4) is 0 Å². The zero-order chi connectivity index (χ0) is 103. The van der Waals surface area contributed by atoms with Gasteiger partial charge in [0.15, 0.2) is 60.7 Å². The Labute approximate surface area is 819 Å². The molecule has 26 rings (SSSR count). The number of aryl methyl sites for hydroxylation is 5. The van der Waals surface area contributed by atoms with Crippen LogP contribution in [-0.2, 0) is 147 Å². The van der Waals surface area contributed by atoms with Crippen molar-refractivity contribution in [2.24, 2.45) is 0 Å².